The fourth-order valence-electron chi connectivity index (χ4n) is 3.16. The van der Waals surface area contributed by atoms with Crippen molar-refractivity contribution in [2.45, 2.75) is 117 Å². The van der Waals surface area contributed by atoms with Gasteiger partial charge in [0.25, 0.3) is 0 Å². The molecule has 7 heteroatoms. The second kappa shape index (κ2) is 24.5. The van der Waals surface area contributed by atoms with Crippen LogP contribution in [0.3, 0.4) is 0 Å². The highest BCUT2D eigenvalue weighted by molar-refractivity contribution is 6.40. The van der Waals surface area contributed by atoms with Gasteiger partial charge in [0.2, 0.25) is 5.91 Å². The van der Waals surface area contributed by atoms with Gasteiger partial charge < -0.3 is 10.1 Å². The lowest BCUT2D eigenvalue weighted by molar-refractivity contribution is -0.150. The number of carbonyl (C=O) groups excluding carboxylic acids is 3. The largest absolute Gasteiger partial charge is 0.464 e. The van der Waals surface area contributed by atoms with Crippen molar-refractivity contribution in [3.05, 3.63) is 0 Å². The van der Waals surface area contributed by atoms with Gasteiger partial charge in [-0.1, -0.05) is 84.0 Å². The molecule has 0 aromatic heterocycles. The van der Waals surface area contributed by atoms with E-state index in [-0.39, 0.29) is 17.7 Å². The average Bonchev–Trinajstić information content (AvgIpc) is 2.70. The third-order valence-electron chi connectivity index (χ3n) is 4.72. The molecule has 0 fully saturated rings. The van der Waals surface area contributed by atoms with Crippen LogP contribution in [0.2, 0.25) is 0 Å². The molecule has 178 valence electrons. The van der Waals surface area contributed by atoms with Crippen molar-refractivity contribution in [3.63, 3.8) is 0 Å². The minimum absolute atomic E-state index is 0.194. The molecule has 30 heavy (non-hydrogen) atoms. The van der Waals surface area contributed by atoms with Gasteiger partial charge >= 0.3 is 5.97 Å². The Kier molecular flexibility index (Phi) is 25.6. The monoisotopic (exact) mass is 467 g/mol. The quantitative estimate of drug-likeness (QED) is 0.107. The molecule has 1 amide bonds. The summed E-state index contributed by atoms with van der Waals surface area (Å²) in [7, 11) is 0. The molecule has 0 saturated carbocycles. The van der Waals surface area contributed by atoms with Crippen molar-refractivity contribution in [2.24, 2.45) is 0 Å². The van der Waals surface area contributed by atoms with Gasteiger partial charge in [-0.05, 0) is 13.3 Å². The van der Waals surface area contributed by atoms with Gasteiger partial charge in [-0.3, -0.25) is 9.59 Å². The molecule has 0 aliphatic carbocycles. The normalized spacial score (nSPS) is 11.2. The van der Waals surface area contributed by atoms with E-state index in [0.717, 1.165) is 19.3 Å². The smallest absolute Gasteiger partial charge is 0.336 e. The van der Waals surface area contributed by atoms with Crippen LogP contribution >= 0.6 is 23.2 Å². The standard InChI is InChI=1S/C22H41NO4.CH2Cl2/c1-4-6-7-8-9-10-11-12-13-14-15-16-17-18-20(25)21(23-19(3)24)22(26)27-5-2;2-1-3/h21H,4-18H2,1-3H3,(H,23,24);1H2. The second-order valence-electron chi connectivity index (χ2n) is 7.45. The SMILES string of the molecule is CCCCCCCCCCCCCCCC(=O)C(NC(C)=O)C(=O)OCC.ClCCl. The predicted octanol–water partition coefficient (Wildman–Crippen LogP) is 6.53. The number of Topliss-reactive ketones (excluding diaryl/α,β-unsaturated/α-hetero) is 1. The number of alkyl halides is 2. The highest BCUT2D eigenvalue weighted by Gasteiger charge is 2.27. The zero-order chi connectivity index (χ0) is 23.0. The minimum atomic E-state index is -1.15. The van der Waals surface area contributed by atoms with Gasteiger partial charge in [-0.2, -0.15) is 0 Å². The fourth-order valence-corrected chi connectivity index (χ4v) is 3.16. The lowest BCUT2D eigenvalue weighted by atomic mass is 10.0. The van der Waals surface area contributed by atoms with Gasteiger partial charge in [0.15, 0.2) is 11.8 Å². The van der Waals surface area contributed by atoms with Crippen LogP contribution in [0.1, 0.15) is 111 Å². The van der Waals surface area contributed by atoms with Crippen molar-refractivity contribution in [1.29, 1.82) is 0 Å². The van der Waals surface area contributed by atoms with E-state index >= 15 is 0 Å². The van der Waals surface area contributed by atoms with Crippen molar-refractivity contribution >= 4 is 40.9 Å². The Morgan fingerprint density at radius 1 is 0.767 bits per heavy atom. The zero-order valence-corrected chi connectivity index (χ0v) is 20.8. The molecule has 5 nitrogen and oxygen atoms in total. The molecule has 0 aliphatic rings. The fraction of sp³-hybridized carbons (Fsp3) is 0.870. The number of esters is 1. The Morgan fingerprint density at radius 3 is 1.53 bits per heavy atom. The van der Waals surface area contributed by atoms with E-state index in [0.29, 0.717) is 6.42 Å². The van der Waals surface area contributed by atoms with E-state index in [1.54, 1.807) is 6.92 Å². The molecule has 0 aliphatic heterocycles. The summed E-state index contributed by atoms with van der Waals surface area (Å²) in [6.07, 6.45) is 16.5. The Hall–Kier alpha value is -0.810. The van der Waals surface area contributed by atoms with Crippen LogP contribution < -0.4 is 5.32 Å². The Morgan fingerprint density at radius 2 is 1.17 bits per heavy atom. The number of unbranched alkanes of at least 4 members (excludes halogenated alkanes) is 12. The summed E-state index contributed by atoms with van der Waals surface area (Å²) < 4.78 is 4.87. The van der Waals surface area contributed by atoms with Crippen LogP contribution in [0.4, 0.5) is 0 Å². The van der Waals surface area contributed by atoms with E-state index in [1.807, 2.05) is 0 Å². The van der Waals surface area contributed by atoms with Crippen LogP contribution in [-0.4, -0.2) is 35.6 Å². The minimum Gasteiger partial charge on any atom is -0.464 e. The number of halogens is 2. The summed E-state index contributed by atoms with van der Waals surface area (Å²) in [4.78, 5) is 35.2. The van der Waals surface area contributed by atoms with Crippen LogP contribution in [0.15, 0.2) is 0 Å². The number of hydrogen-bond acceptors (Lipinski definition) is 4. The van der Waals surface area contributed by atoms with Crippen molar-refractivity contribution in [3.8, 4) is 0 Å². The summed E-state index contributed by atoms with van der Waals surface area (Å²) in [5, 5.41) is 2.59. The molecular formula is C23H43Cl2NO4. The van der Waals surface area contributed by atoms with E-state index in [1.165, 1.54) is 71.1 Å². The number of ether oxygens (including phenoxy) is 1. The predicted molar refractivity (Wildman–Crippen MR) is 126 cm³/mol. The molecule has 1 N–H and O–H groups in total. The maximum Gasteiger partial charge on any atom is 0.336 e. The molecule has 0 bridgehead atoms. The van der Waals surface area contributed by atoms with Crippen molar-refractivity contribution < 1.29 is 19.1 Å². The summed E-state index contributed by atoms with van der Waals surface area (Å²) >= 11 is 9.53. The molecule has 1 atom stereocenters. The summed E-state index contributed by atoms with van der Waals surface area (Å²) in [5.74, 6) is -1.31. The molecule has 0 aromatic rings. The molecule has 0 saturated heterocycles. The molecule has 0 aromatic carbocycles. The lowest BCUT2D eigenvalue weighted by Gasteiger charge is -2.15. The maximum absolute atomic E-state index is 12.2. The third-order valence-corrected chi connectivity index (χ3v) is 4.72. The first-order chi connectivity index (χ1) is 14.4. The molecule has 0 radical (unpaired) electrons. The maximum atomic E-state index is 12.2. The Balaban J connectivity index is 0. The van der Waals surface area contributed by atoms with Gasteiger partial charge in [0.05, 0.1) is 11.9 Å². The van der Waals surface area contributed by atoms with Gasteiger partial charge in [-0.15, -0.1) is 23.2 Å². The van der Waals surface area contributed by atoms with Crippen LogP contribution in [0, 0.1) is 0 Å². The van der Waals surface area contributed by atoms with Crippen LogP contribution in [0.5, 0.6) is 0 Å². The van der Waals surface area contributed by atoms with Crippen LogP contribution in [0.25, 0.3) is 0 Å². The first-order valence-electron chi connectivity index (χ1n) is 11.5. The first-order valence-corrected chi connectivity index (χ1v) is 12.6. The highest BCUT2D eigenvalue weighted by Crippen LogP contribution is 2.13. The average molecular weight is 469 g/mol. The molecule has 0 heterocycles. The highest BCUT2D eigenvalue weighted by atomic mass is 35.5. The summed E-state index contributed by atoms with van der Waals surface area (Å²) in [6, 6.07) is -1.15. The number of ketones is 1. The number of amides is 1. The Bertz CT molecular complexity index is 433. The van der Waals surface area contributed by atoms with E-state index in [2.05, 4.69) is 12.2 Å². The third kappa shape index (κ3) is 21.9. The van der Waals surface area contributed by atoms with E-state index in [4.69, 9.17) is 27.9 Å². The summed E-state index contributed by atoms with van der Waals surface area (Å²) in [6.45, 7) is 5.42. The number of hydrogen-bond donors (Lipinski definition) is 1. The van der Waals surface area contributed by atoms with Crippen molar-refractivity contribution in [1.82, 2.24) is 5.32 Å². The Labute approximate surface area is 194 Å². The van der Waals surface area contributed by atoms with Crippen LogP contribution in [-0.2, 0) is 19.1 Å². The molecule has 0 rings (SSSR count). The number of rotatable bonds is 18. The van der Waals surface area contributed by atoms with E-state index in [9.17, 15) is 14.4 Å². The second-order valence-corrected chi connectivity index (χ2v) is 8.25. The van der Waals surface area contributed by atoms with Gasteiger partial charge in [-0.25, -0.2) is 4.79 Å². The lowest BCUT2D eigenvalue weighted by Crippen LogP contribution is -2.46. The first kappa shape index (κ1) is 31.4. The topological polar surface area (TPSA) is 72.5 Å². The van der Waals surface area contributed by atoms with E-state index < -0.39 is 17.9 Å². The van der Waals surface area contributed by atoms with Gasteiger partial charge in [0, 0.05) is 13.3 Å². The molecular weight excluding hydrogens is 425 g/mol. The molecule has 0 spiro atoms. The summed E-state index contributed by atoms with van der Waals surface area (Å²) in [5.41, 5.74) is 0. The molecule has 1 unspecified atom stereocenters. The van der Waals surface area contributed by atoms with Gasteiger partial charge in [0.1, 0.15) is 0 Å². The number of nitrogens with one attached hydrogen (secondary N) is 1. The van der Waals surface area contributed by atoms with Crippen molar-refractivity contribution in [2.75, 3.05) is 11.9 Å². The number of carbonyl (C=O) groups is 3. The zero-order valence-electron chi connectivity index (χ0n) is 19.3.